The number of hydrogen-bond donors (Lipinski definition) is 1. The topological polar surface area (TPSA) is 50.7 Å². The van der Waals surface area contributed by atoms with E-state index in [-0.39, 0.29) is 0 Å². The first-order valence-corrected chi connectivity index (χ1v) is 7.67. The number of nitrogens with zero attached hydrogens (tertiary/aromatic N) is 3. The summed E-state index contributed by atoms with van der Waals surface area (Å²) in [6.45, 7) is 9.25. The zero-order chi connectivity index (χ0) is 13.1. The molecule has 2 aromatic heterocycles. The van der Waals surface area contributed by atoms with Gasteiger partial charge in [-0.2, -0.15) is 0 Å². The van der Waals surface area contributed by atoms with Gasteiger partial charge in [-0.25, -0.2) is 4.98 Å². The minimum atomic E-state index is 0.622. The molecule has 0 aliphatic carbocycles. The fourth-order valence-corrected chi connectivity index (χ4v) is 3.47. The molecule has 0 aliphatic rings. The highest BCUT2D eigenvalue weighted by Gasteiger charge is 2.08. The Bertz CT molecular complexity index is 516. The molecule has 0 radical (unpaired) electrons. The second kappa shape index (κ2) is 5.75. The monoisotopic (exact) mass is 282 g/mol. The van der Waals surface area contributed by atoms with Crippen LogP contribution in [-0.2, 0) is 13.0 Å². The molecule has 6 heteroatoms. The minimum absolute atomic E-state index is 0.622. The van der Waals surface area contributed by atoms with Gasteiger partial charge in [-0.3, -0.25) is 0 Å². The van der Waals surface area contributed by atoms with E-state index in [0.29, 0.717) is 5.92 Å². The standard InChI is InChI=1S/C12H18N4S2/c1-7(2)5-11-15-16-12(18-11)13-6-10-8(3)14-9(4)17-10/h7H,5-6H2,1-4H3,(H,13,16). The molecule has 0 unspecified atom stereocenters. The lowest BCUT2D eigenvalue weighted by Gasteiger charge is -1.99. The maximum atomic E-state index is 4.41. The van der Waals surface area contributed by atoms with Crippen molar-refractivity contribution in [1.29, 1.82) is 0 Å². The molecule has 0 saturated carbocycles. The van der Waals surface area contributed by atoms with Crippen molar-refractivity contribution in [2.75, 3.05) is 5.32 Å². The van der Waals surface area contributed by atoms with E-state index in [9.17, 15) is 0 Å². The summed E-state index contributed by atoms with van der Waals surface area (Å²) in [5.74, 6) is 0.622. The summed E-state index contributed by atoms with van der Waals surface area (Å²) in [5.41, 5.74) is 1.11. The van der Waals surface area contributed by atoms with Gasteiger partial charge in [0.05, 0.1) is 17.2 Å². The Morgan fingerprint density at radius 1 is 1.17 bits per heavy atom. The molecule has 0 spiro atoms. The van der Waals surface area contributed by atoms with Crippen molar-refractivity contribution in [3.8, 4) is 0 Å². The van der Waals surface area contributed by atoms with E-state index >= 15 is 0 Å². The maximum absolute atomic E-state index is 4.41. The summed E-state index contributed by atoms with van der Waals surface area (Å²) in [6, 6.07) is 0. The molecule has 18 heavy (non-hydrogen) atoms. The van der Waals surface area contributed by atoms with Crippen molar-refractivity contribution in [3.05, 3.63) is 20.6 Å². The van der Waals surface area contributed by atoms with E-state index < -0.39 is 0 Å². The predicted octanol–water partition coefficient (Wildman–Crippen LogP) is 3.42. The number of aryl methyl sites for hydroxylation is 2. The van der Waals surface area contributed by atoms with Crippen LogP contribution in [0.25, 0.3) is 0 Å². The average molecular weight is 282 g/mol. The van der Waals surface area contributed by atoms with Crippen LogP contribution in [-0.4, -0.2) is 15.2 Å². The third-order valence-electron chi connectivity index (χ3n) is 2.45. The van der Waals surface area contributed by atoms with Gasteiger partial charge in [-0.15, -0.1) is 21.5 Å². The Labute approximate surface area is 116 Å². The summed E-state index contributed by atoms with van der Waals surface area (Å²) in [6.07, 6.45) is 0.998. The van der Waals surface area contributed by atoms with Gasteiger partial charge in [-0.05, 0) is 19.8 Å². The first kappa shape index (κ1) is 13.4. The van der Waals surface area contributed by atoms with E-state index in [4.69, 9.17) is 0 Å². The van der Waals surface area contributed by atoms with Crippen LogP contribution in [0, 0.1) is 19.8 Å². The maximum Gasteiger partial charge on any atom is 0.205 e. The first-order valence-electron chi connectivity index (χ1n) is 6.03. The largest absolute Gasteiger partial charge is 0.355 e. The molecule has 4 nitrogen and oxygen atoms in total. The molecule has 2 aromatic rings. The summed E-state index contributed by atoms with van der Waals surface area (Å²) in [7, 11) is 0. The number of hydrogen-bond acceptors (Lipinski definition) is 6. The van der Waals surface area contributed by atoms with Crippen LogP contribution in [0.4, 0.5) is 5.13 Å². The molecule has 0 aromatic carbocycles. The van der Waals surface area contributed by atoms with Crippen molar-refractivity contribution in [2.24, 2.45) is 5.92 Å². The molecule has 0 amide bonds. The Morgan fingerprint density at radius 2 is 1.94 bits per heavy atom. The molecule has 98 valence electrons. The lowest BCUT2D eigenvalue weighted by molar-refractivity contribution is 0.640. The Kier molecular flexibility index (Phi) is 4.29. The van der Waals surface area contributed by atoms with E-state index in [2.05, 4.69) is 34.3 Å². The molecule has 1 N–H and O–H groups in total. The summed E-state index contributed by atoms with van der Waals surface area (Å²) in [5, 5.41) is 14.8. The highest BCUT2D eigenvalue weighted by Crippen LogP contribution is 2.21. The average Bonchev–Trinajstić information content (AvgIpc) is 2.82. The fraction of sp³-hybridized carbons (Fsp3) is 0.583. The van der Waals surface area contributed by atoms with Crippen LogP contribution >= 0.6 is 22.7 Å². The molecular formula is C12H18N4S2. The molecule has 0 bridgehead atoms. The summed E-state index contributed by atoms with van der Waals surface area (Å²) >= 11 is 3.38. The number of rotatable bonds is 5. The third-order valence-corrected chi connectivity index (χ3v) is 4.43. The van der Waals surface area contributed by atoms with Gasteiger partial charge in [0.2, 0.25) is 5.13 Å². The van der Waals surface area contributed by atoms with E-state index in [1.165, 1.54) is 4.88 Å². The minimum Gasteiger partial charge on any atom is -0.355 e. The van der Waals surface area contributed by atoms with Gasteiger partial charge >= 0.3 is 0 Å². The van der Waals surface area contributed by atoms with E-state index in [0.717, 1.165) is 33.8 Å². The second-order valence-corrected chi connectivity index (χ2v) is 7.04. The van der Waals surface area contributed by atoms with E-state index in [1.54, 1.807) is 22.7 Å². The zero-order valence-corrected chi connectivity index (χ0v) is 12.8. The van der Waals surface area contributed by atoms with Crippen LogP contribution in [0.1, 0.15) is 34.4 Å². The Morgan fingerprint density at radius 3 is 2.56 bits per heavy atom. The molecular weight excluding hydrogens is 264 g/mol. The highest BCUT2D eigenvalue weighted by molar-refractivity contribution is 7.15. The molecule has 2 heterocycles. The number of anilines is 1. The lowest BCUT2D eigenvalue weighted by atomic mass is 10.1. The van der Waals surface area contributed by atoms with Gasteiger partial charge < -0.3 is 5.32 Å². The lowest BCUT2D eigenvalue weighted by Crippen LogP contribution is -1.98. The molecule has 0 atom stereocenters. The van der Waals surface area contributed by atoms with Crippen molar-refractivity contribution in [1.82, 2.24) is 15.2 Å². The van der Waals surface area contributed by atoms with Crippen LogP contribution < -0.4 is 5.32 Å². The van der Waals surface area contributed by atoms with Crippen LogP contribution in [0.5, 0.6) is 0 Å². The van der Waals surface area contributed by atoms with Crippen molar-refractivity contribution < 1.29 is 0 Å². The summed E-state index contributed by atoms with van der Waals surface area (Å²) < 4.78 is 0. The van der Waals surface area contributed by atoms with Gasteiger partial charge in [0.15, 0.2) is 0 Å². The molecule has 2 rings (SSSR count). The van der Waals surface area contributed by atoms with Gasteiger partial charge in [0, 0.05) is 11.3 Å². The fourth-order valence-electron chi connectivity index (χ4n) is 1.65. The van der Waals surface area contributed by atoms with Crippen molar-refractivity contribution in [2.45, 2.75) is 40.7 Å². The third kappa shape index (κ3) is 3.49. The molecule has 0 fully saturated rings. The predicted molar refractivity (Wildman–Crippen MR) is 77.4 cm³/mol. The quantitative estimate of drug-likeness (QED) is 0.913. The first-order chi connectivity index (χ1) is 8.54. The summed E-state index contributed by atoms with van der Waals surface area (Å²) in [4.78, 5) is 5.69. The Hall–Kier alpha value is -1.01. The molecule has 0 saturated heterocycles. The van der Waals surface area contributed by atoms with Gasteiger partial charge in [-0.1, -0.05) is 25.2 Å². The number of aromatic nitrogens is 3. The molecule has 0 aliphatic heterocycles. The SMILES string of the molecule is Cc1nc(C)c(CNc2nnc(CC(C)C)s2)s1. The number of nitrogens with one attached hydrogen (secondary N) is 1. The van der Waals surface area contributed by atoms with Crippen molar-refractivity contribution >= 4 is 27.8 Å². The van der Waals surface area contributed by atoms with Gasteiger partial charge in [0.25, 0.3) is 0 Å². The van der Waals surface area contributed by atoms with Crippen LogP contribution in [0.2, 0.25) is 0 Å². The number of thiazole rings is 1. The zero-order valence-electron chi connectivity index (χ0n) is 11.1. The second-order valence-electron chi connectivity index (χ2n) is 4.69. The van der Waals surface area contributed by atoms with Crippen LogP contribution in [0.15, 0.2) is 0 Å². The Balaban J connectivity index is 1.94. The van der Waals surface area contributed by atoms with E-state index in [1.807, 2.05) is 13.8 Å². The highest BCUT2D eigenvalue weighted by atomic mass is 32.1. The van der Waals surface area contributed by atoms with Crippen LogP contribution in [0.3, 0.4) is 0 Å². The van der Waals surface area contributed by atoms with Crippen molar-refractivity contribution in [3.63, 3.8) is 0 Å². The normalized spacial score (nSPS) is 11.2. The van der Waals surface area contributed by atoms with Gasteiger partial charge in [0.1, 0.15) is 5.01 Å². The smallest absolute Gasteiger partial charge is 0.205 e.